The van der Waals surface area contributed by atoms with Crippen LogP contribution in [0.25, 0.3) is 0 Å². The van der Waals surface area contributed by atoms with Crippen LogP contribution in [0.2, 0.25) is 10.0 Å². The van der Waals surface area contributed by atoms with E-state index in [1.54, 1.807) is 25.1 Å². The number of halogens is 2. The van der Waals surface area contributed by atoms with E-state index in [9.17, 15) is 9.59 Å². The second-order valence-electron chi connectivity index (χ2n) is 6.77. The highest BCUT2D eigenvalue weighted by molar-refractivity contribution is 7.17. The van der Waals surface area contributed by atoms with E-state index in [0.717, 1.165) is 29.7 Å². The van der Waals surface area contributed by atoms with Gasteiger partial charge < -0.3 is 4.74 Å². The summed E-state index contributed by atoms with van der Waals surface area (Å²) in [7, 11) is 0. The Kier molecular flexibility index (Phi) is 7.16. The number of carbonyl (C=O) groups excluding carboxylic acids is 2. The van der Waals surface area contributed by atoms with Gasteiger partial charge in [-0.05, 0) is 49.8 Å². The van der Waals surface area contributed by atoms with Crippen LogP contribution in [0.4, 0.5) is 9.80 Å². The van der Waals surface area contributed by atoms with Crippen molar-refractivity contribution in [3.63, 3.8) is 0 Å². The SMILES string of the molecule is CCOC(=O)c1c(NC(=O)NN=Cc2ccc(Cl)cc2Cl)sc2c1CC[C@@H](C)C2. The maximum atomic E-state index is 12.5. The molecule has 9 heteroatoms. The highest BCUT2D eigenvalue weighted by atomic mass is 35.5. The molecule has 0 radical (unpaired) electrons. The minimum atomic E-state index is -0.552. The summed E-state index contributed by atoms with van der Waals surface area (Å²) in [6, 6.07) is 4.41. The van der Waals surface area contributed by atoms with Gasteiger partial charge in [-0.25, -0.2) is 15.0 Å². The number of esters is 1. The third-order valence-electron chi connectivity index (χ3n) is 4.55. The van der Waals surface area contributed by atoms with Crippen molar-refractivity contribution in [1.82, 2.24) is 5.43 Å². The molecule has 0 saturated carbocycles. The van der Waals surface area contributed by atoms with Gasteiger partial charge in [0, 0.05) is 15.5 Å². The van der Waals surface area contributed by atoms with Crippen LogP contribution < -0.4 is 10.7 Å². The quantitative estimate of drug-likeness (QED) is 0.355. The van der Waals surface area contributed by atoms with E-state index in [0.29, 0.717) is 32.1 Å². The Morgan fingerprint density at radius 3 is 2.90 bits per heavy atom. The standard InChI is InChI=1S/C20H21Cl2N3O3S/c1-3-28-19(26)17-14-7-4-11(2)8-16(14)29-18(17)24-20(27)25-23-10-12-5-6-13(21)9-15(12)22/h5-6,9-11H,3-4,7-8H2,1-2H3,(H2,24,25,27)/t11-/m1/s1. The zero-order valence-electron chi connectivity index (χ0n) is 16.1. The molecular formula is C20H21Cl2N3O3S. The van der Waals surface area contributed by atoms with Crippen LogP contribution in [0, 0.1) is 5.92 Å². The summed E-state index contributed by atoms with van der Waals surface area (Å²) < 4.78 is 5.20. The van der Waals surface area contributed by atoms with Gasteiger partial charge in [0.2, 0.25) is 0 Å². The van der Waals surface area contributed by atoms with E-state index in [1.807, 2.05) is 0 Å². The number of benzene rings is 1. The predicted octanol–water partition coefficient (Wildman–Crippen LogP) is 5.51. The molecule has 6 nitrogen and oxygen atoms in total. The zero-order chi connectivity index (χ0) is 21.0. The molecule has 1 heterocycles. The monoisotopic (exact) mass is 453 g/mol. The van der Waals surface area contributed by atoms with Gasteiger partial charge in [-0.2, -0.15) is 5.10 Å². The number of rotatable bonds is 5. The molecule has 0 saturated heterocycles. The van der Waals surface area contributed by atoms with Gasteiger partial charge in [-0.15, -0.1) is 11.3 Å². The number of hydrogen-bond donors (Lipinski definition) is 2. The molecule has 29 heavy (non-hydrogen) atoms. The molecule has 1 aliphatic carbocycles. The molecule has 154 valence electrons. The number of amides is 2. The lowest BCUT2D eigenvalue weighted by Gasteiger charge is -2.18. The molecule has 1 atom stereocenters. The lowest BCUT2D eigenvalue weighted by molar-refractivity contribution is 0.0526. The van der Waals surface area contributed by atoms with Crippen molar-refractivity contribution in [3.05, 3.63) is 49.8 Å². The van der Waals surface area contributed by atoms with Crippen LogP contribution in [-0.4, -0.2) is 24.8 Å². The molecule has 3 rings (SSSR count). The highest BCUT2D eigenvalue weighted by Gasteiger charge is 2.29. The van der Waals surface area contributed by atoms with Crippen LogP contribution in [0.1, 0.15) is 46.6 Å². The Morgan fingerprint density at radius 2 is 2.17 bits per heavy atom. The maximum Gasteiger partial charge on any atom is 0.341 e. The Hall–Kier alpha value is -2.09. The molecule has 0 fully saturated rings. The number of carbonyl (C=O) groups is 2. The smallest absolute Gasteiger partial charge is 0.341 e. The second kappa shape index (κ2) is 9.61. The van der Waals surface area contributed by atoms with Crippen molar-refractivity contribution in [1.29, 1.82) is 0 Å². The van der Waals surface area contributed by atoms with Crippen molar-refractivity contribution >= 4 is 57.8 Å². The minimum absolute atomic E-state index is 0.275. The Balaban J connectivity index is 1.74. The molecule has 0 unspecified atom stereocenters. The third kappa shape index (κ3) is 5.29. The van der Waals surface area contributed by atoms with Crippen LogP contribution in [-0.2, 0) is 17.6 Å². The van der Waals surface area contributed by atoms with Gasteiger partial charge in [0.05, 0.1) is 23.4 Å². The first-order chi connectivity index (χ1) is 13.9. The zero-order valence-corrected chi connectivity index (χ0v) is 18.4. The minimum Gasteiger partial charge on any atom is -0.462 e. The van der Waals surface area contributed by atoms with E-state index >= 15 is 0 Å². The number of nitrogens with zero attached hydrogens (tertiary/aromatic N) is 1. The fourth-order valence-corrected chi connectivity index (χ4v) is 5.01. The van der Waals surface area contributed by atoms with E-state index in [4.69, 9.17) is 27.9 Å². The molecule has 1 aromatic heterocycles. The molecule has 2 amide bonds. The Labute approximate surface area is 183 Å². The highest BCUT2D eigenvalue weighted by Crippen LogP contribution is 2.40. The summed E-state index contributed by atoms with van der Waals surface area (Å²) in [6.07, 6.45) is 4.13. The van der Waals surface area contributed by atoms with E-state index in [1.165, 1.54) is 17.6 Å². The maximum absolute atomic E-state index is 12.5. The number of urea groups is 1. The summed E-state index contributed by atoms with van der Waals surface area (Å²) >= 11 is 13.4. The van der Waals surface area contributed by atoms with Crippen molar-refractivity contribution in [2.24, 2.45) is 11.0 Å². The van der Waals surface area contributed by atoms with Crippen LogP contribution in [0.3, 0.4) is 0 Å². The molecule has 1 aliphatic rings. The molecule has 2 aromatic rings. The van der Waals surface area contributed by atoms with Gasteiger partial charge in [-0.3, -0.25) is 5.32 Å². The van der Waals surface area contributed by atoms with Crippen LogP contribution >= 0.6 is 34.5 Å². The molecule has 0 aliphatic heterocycles. The largest absolute Gasteiger partial charge is 0.462 e. The molecular weight excluding hydrogens is 433 g/mol. The number of nitrogens with one attached hydrogen (secondary N) is 2. The second-order valence-corrected chi connectivity index (χ2v) is 8.72. The summed E-state index contributed by atoms with van der Waals surface area (Å²) in [4.78, 5) is 25.9. The number of hydrogen-bond acceptors (Lipinski definition) is 5. The third-order valence-corrected chi connectivity index (χ3v) is 6.28. The molecule has 2 N–H and O–H groups in total. The fraction of sp³-hybridized carbons (Fsp3) is 0.350. The van der Waals surface area contributed by atoms with Crippen molar-refractivity contribution < 1.29 is 14.3 Å². The van der Waals surface area contributed by atoms with Gasteiger partial charge in [-0.1, -0.05) is 36.2 Å². The first kappa shape index (κ1) is 21.6. The van der Waals surface area contributed by atoms with Gasteiger partial charge in [0.25, 0.3) is 0 Å². The van der Waals surface area contributed by atoms with Crippen LogP contribution in [0.5, 0.6) is 0 Å². The van der Waals surface area contributed by atoms with E-state index in [2.05, 4.69) is 22.8 Å². The fourth-order valence-electron chi connectivity index (χ4n) is 3.16. The lowest BCUT2D eigenvalue weighted by atomic mass is 9.88. The molecule has 0 bridgehead atoms. The Morgan fingerprint density at radius 1 is 1.38 bits per heavy atom. The normalized spacial score (nSPS) is 15.8. The van der Waals surface area contributed by atoms with Gasteiger partial charge in [0.15, 0.2) is 0 Å². The summed E-state index contributed by atoms with van der Waals surface area (Å²) in [5.74, 6) is 0.137. The first-order valence-corrected chi connectivity index (χ1v) is 10.8. The average molecular weight is 454 g/mol. The lowest BCUT2D eigenvalue weighted by Crippen LogP contribution is -2.25. The molecule has 1 aromatic carbocycles. The number of ether oxygens (including phenoxy) is 1. The topological polar surface area (TPSA) is 79.8 Å². The van der Waals surface area contributed by atoms with Crippen molar-refractivity contribution in [2.45, 2.75) is 33.1 Å². The number of anilines is 1. The number of thiophene rings is 1. The van der Waals surface area contributed by atoms with Crippen molar-refractivity contribution in [3.8, 4) is 0 Å². The average Bonchev–Trinajstić information content (AvgIpc) is 3.00. The molecule has 0 spiro atoms. The summed E-state index contributed by atoms with van der Waals surface area (Å²) in [5.41, 5.74) is 4.45. The summed E-state index contributed by atoms with van der Waals surface area (Å²) in [5, 5.41) is 8.06. The van der Waals surface area contributed by atoms with Gasteiger partial charge in [0.1, 0.15) is 5.00 Å². The number of hydrazone groups is 1. The van der Waals surface area contributed by atoms with Crippen LogP contribution in [0.15, 0.2) is 23.3 Å². The summed E-state index contributed by atoms with van der Waals surface area (Å²) in [6.45, 7) is 4.22. The van der Waals surface area contributed by atoms with Crippen molar-refractivity contribution in [2.75, 3.05) is 11.9 Å². The Bertz CT molecular complexity index is 959. The number of fused-ring (bicyclic) bond motifs is 1. The predicted molar refractivity (Wildman–Crippen MR) is 118 cm³/mol. The van der Waals surface area contributed by atoms with Gasteiger partial charge >= 0.3 is 12.0 Å². The first-order valence-electron chi connectivity index (χ1n) is 9.25. The van der Waals surface area contributed by atoms with E-state index < -0.39 is 12.0 Å². The van der Waals surface area contributed by atoms with E-state index in [-0.39, 0.29) is 6.61 Å².